The smallest absolute Gasteiger partial charge is 0.357 e. The summed E-state index contributed by atoms with van der Waals surface area (Å²) in [5.41, 5.74) is 0.243. The van der Waals surface area contributed by atoms with Crippen LogP contribution in [0, 0.1) is 5.41 Å². The first-order chi connectivity index (χ1) is 9.79. The Morgan fingerprint density at radius 2 is 2.00 bits per heavy atom. The van der Waals surface area contributed by atoms with Gasteiger partial charge in [-0.05, 0) is 31.6 Å². The molecule has 1 fully saturated rings. The molecule has 0 spiro atoms. The molecule has 0 aromatic rings. The standard InChI is InChI=1S/C15H28F3N3.HI/c1-4-7-14(3)8-6-11-21(12-14)13(19-5-2)20-10-9-15(16,17)18;/h4-12H2,1-3H3,(H,19,20);1H. The average Bonchev–Trinajstić information content (AvgIpc) is 2.36. The molecule has 0 saturated carbocycles. The van der Waals surface area contributed by atoms with Gasteiger partial charge in [0.05, 0.1) is 13.0 Å². The van der Waals surface area contributed by atoms with E-state index in [1.165, 1.54) is 6.42 Å². The number of alkyl halides is 3. The molecule has 1 aliphatic heterocycles. The van der Waals surface area contributed by atoms with Gasteiger partial charge in [-0.15, -0.1) is 24.0 Å². The number of nitrogens with zero attached hydrogens (tertiary/aromatic N) is 2. The number of likely N-dealkylation sites (tertiary alicyclic amines) is 1. The van der Waals surface area contributed by atoms with Crippen LogP contribution in [0.25, 0.3) is 0 Å². The van der Waals surface area contributed by atoms with Crippen molar-refractivity contribution in [3.63, 3.8) is 0 Å². The summed E-state index contributed by atoms with van der Waals surface area (Å²) in [6, 6.07) is 0. The van der Waals surface area contributed by atoms with Crippen molar-refractivity contribution in [2.75, 3.05) is 26.2 Å². The summed E-state index contributed by atoms with van der Waals surface area (Å²) >= 11 is 0. The number of hydrogen-bond acceptors (Lipinski definition) is 1. The third kappa shape index (κ3) is 7.87. The molecule has 1 heterocycles. The first-order valence-corrected chi connectivity index (χ1v) is 7.89. The van der Waals surface area contributed by atoms with Crippen molar-refractivity contribution >= 4 is 29.9 Å². The Morgan fingerprint density at radius 3 is 2.55 bits per heavy atom. The first kappa shape index (κ1) is 21.8. The maximum absolute atomic E-state index is 12.3. The predicted molar refractivity (Wildman–Crippen MR) is 95.9 cm³/mol. The summed E-state index contributed by atoms with van der Waals surface area (Å²) in [5, 5.41) is 3.13. The molecule has 0 radical (unpaired) electrons. The van der Waals surface area contributed by atoms with Crippen LogP contribution in [-0.4, -0.2) is 43.2 Å². The largest absolute Gasteiger partial charge is 0.390 e. The van der Waals surface area contributed by atoms with E-state index in [1.807, 2.05) is 6.92 Å². The van der Waals surface area contributed by atoms with E-state index in [0.29, 0.717) is 12.5 Å². The topological polar surface area (TPSA) is 27.6 Å². The van der Waals surface area contributed by atoms with Gasteiger partial charge in [0.25, 0.3) is 0 Å². The van der Waals surface area contributed by atoms with Crippen molar-refractivity contribution in [2.45, 2.75) is 59.1 Å². The molecular weight excluding hydrogens is 406 g/mol. The van der Waals surface area contributed by atoms with Crippen LogP contribution in [0.1, 0.15) is 52.9 Å². The minimum Gasteiger partial charge on any atom is -0.357 e. The Balaban J connectivity index is 0.00000441. The van der Waals surface area contributed by atoms with Gasteiger partial charge in [0, 0.05) is 19.6 Å². The fourth-order valence-electron chi connectivity index (χ4n) is 3.02. The van der Waals surface area contributed by atoms with Crippen LogP contribution in [0.4, 0.5) is 13.2 Å². The van der Waals surface area contributed by atoms with Crippen molar-refractivity contribution in [2.24, 2.45) is 10.4 Å². The lowest BCUT2D eigenvalue weighted by Crippen LogP contribution is -2.49. The fraction of sp³-hybridized carbons (Fsp3) is 0.933. The fourth-order valence-corrected chi connectivity index (χ4v) is 3.02. The highest BCUT2D eigenvalue weighted by atomic mass is 127. The second-order valence-electron chi connectivity index (χ2n) is 6.19. The number of halogens is 4. The maximum Gasteiger partial charge on any atom is 0.390 e. The molecule has 0 aromatic carbocycles. The minimum atomic E-state index is -4.14. The van der Waals surface area contributed by atoms with Crippen LogP contribution in [0.2, 0.25) is 0 Å². The number of guanidine groups is 1. The molecule has 1 N–H and O–H groups in total. The van der Waals surface area contributed by atoms with Gasteiger partial charge in [0.1, 0.15) is 0 Å². The predicted octanol–water partition coefficient (Wildman–Crippen LogP) is 4.42. The molecule has 0 bridgehead atoms. The molecule has 0 aromatic heterocycles. The number of piperidine rings is 1. The lowest BCUT2D eigenvalue weighted by molar-refractivity contribution is -0.132. The van der Waals surface area contributed by atoms with Crippen molar-refractivity contribution < 1.29 is 13.2 Å². The second kappa shape index (κ2) is 9.82. The SMILES string of the molecule is CCCC1(C)CCCN(C(=NCCC(F)(F)F)NCC)C1.I. The third-order valence-corrected chi connectivity index (χ3v) is 3.93. The third-order valence-electron chi connectivity index (χ3n) is 3.93. The molecule has 1 unspecified atom stereocenters. The summed E-state index contributed by atoms with van der Waals surface area (Å²) < 4.78 is 36.8. The van der Waals surface area contributed by atoms with Gasteiger partial charge >= 0.3 is 6.18 Å². The molecule has 1 atom stereocenters. The molecular formula is C15H29F3IN3. The van der Waals surface area contributed by atoms with Crippen LogP contribution in [-0.2, 0) is 0 Å². The van der Waals surface area contributed by atoms with Crippen LogP contribution in [0.15, 0.2) is 4.99 Å². The van der Waals surface area contributed by atoms with Gasteiger partial charge in [-0.25, -0.2) is 0 Å². The van der Waals surface area contributed by atoms with E-state index < -0.39 is 12.6 Å². The van der Waals surface area contributed by atoms with Gasteiger partial charge in [-0.1, -0.05) is 20.3 Å². The van der Waals surface area contributed by atoms with Crippen LogP contribution < -0.4 is 5.32 Å². The molecule has 132 valence electrons. The highest BCUT2D eigenvalue weighted by molar-refractivity contribution is 14.0. The zero-order valence-electron chi connectivity index (χ0n) is 13.8. The molecule has 3 nitrogen and oxygen atoms in total. The van der Waals surface area contributed by atoms with Gasteiger partial charge < -0.3 is 10.2 Å². The molecule has 0 aliphatic carbocycles. The molecule has 1 aliphatic rings. The zero-order valence-corrected chi connectivity index (χ0v) is 16.1. The first-order valence-electron chi connectivity index (χ1n) is 7.89. The van der Waals surface area contributed by atoms with Crippen molar-refractivity contribution in [3.8, 4) is 0 Å². The summed E-state index contributed by atoms with van der Waals surface area (Å²) in [7, 11) is 0. The normalized spacial score (nSPS) is 23.2. The number of aliphatic imine (C=N–C) groups is 1. The molecule has 1 saturated heterocycles. The van der Waals surface area contributed by atoms with Crippen molar-refractivity contribution in [1.82, 2.24) is 10.2 Å². The molecule has 22 heavy (non-hydrogen) atoms. The Bertz CT molecular complexity index is 343. The Hall–Kier alpha value is -0.210. The van der Waals surface area contributed by atoms with Crippen LogP contribution in [0.3, 0.4) is 0 Å². The Kier molecular flexibility index (Phi) is 9.73. The van der Waals surface area contributed by atoms with Crippen LogP contribution in [0.5, 0.6) is 0 Å². The van der Waals surface area contributed by atoms with Gasteiger partial charge in [0.15, 0.2) is 5.96 Å². The van der Waals surface area contributed by atoms with Crippen molar-refractivity contribution in [3.05, 3.63) is 0 Å². The molecule has 7 heteroatoms. The molecule has 0 amide bonds. The number of nitrogens with one attached hydrogen (secondary N) is 1. The number of hydrogen-bond donors (Lipinski definition) is 1. The monoisotopic (exact) mass is 435 g/mol. The summed E-state index contributed by atoms with van der Waals surface area (Å²) in [6.07, 6.45) is -0.474. The van der Waals surface area contributed by atoms with E-state index in [4.69, 9.17) is 0 Å². The maximum atomic E-state index is 12.3. The van der Waals surface area contributed by atoms with Crippen LogP contribution >= 0.6 is 24.0 Å². The summed E-state index contributed by atoms with van der Waals surface area (Å²) in [5.74, 6) is 0.628. The lowest BCUT2D eigenvalue weighted by atomic mass is 9.78. The average molecular weight is 435 g/mol. The minimum absolute atomic E-state index is 0. The molecule has 1 rings (SSSR count). The Labute approximate surface area is 149 Å². The van der Waals surface area contributed by atoms with Gasteiger partial charge in [-0.3, -0.25) is 4.99 Å². The second-order valence-corrected chi connectivity index (χ2v) is 6.19. The highest BCUT2D eigenvalue weighted by Crippen LogP contribution is 2.33. The Morgan fingerprint density at radius 1 is 1.32 bits per heavy atom. The zero-order chi connectivity index (χ0) is 15.9. The van der Waals surface area contributed by atoms with Crippen molar-refractivity contribution in [1.29, 1.82) is 0 Å². The van der Waals surface area contributed by atoms with E-state index in [2.05, 4.69) is 29.1 Å². The van der Waals surface area contributed by atoms with E-state index in [0.717, 1.165) is 32.4 Å². The number of rotatable bonds is 5. The highest BCUT2D eigenvalue weighted by Gasteiger charge is 2.32. The van der Waals surface area contributed by atoms with Gasteiger partial charge in [-0.2, -0.15) is 13.2 Å². The van der Waals surface area contributed by atoms with E-state index in [1.54, 1.807) is 0 Å². The van der Waals surface area contributed by atoms with E-state index >= 15 is 0 Å². The van der Waals surface area contributed by atoms with E-state index in [9.17, 15) is 13.2 Å². The van der Waals surface area contributed by atoms with E-state index in [-0.39, 0.29) is 35.9 Å². The van der Waals surface area contributed by atoms with Gasteiger partial charge in [0.2, 0.25) is 0 Å². The quantitative estimate of drug-likeness (QED) is 0.393. The lowest BCUT2D eigenvalue weighted by Gasteiger charge is -2.42. The summed E-state index contributed by atoms with van der Waals surface area (Å²) in [6.45, 7) is 8.59. The summed E-state index contributed by atoms with van der Waals surface area (Å²) in [4.78, 5) is 6.28.